The molecule has 0 saturated heterocycles. The maximum Gasteiger partial charge on any atom is 0.133 e. The second-order valence-corrected chi connectivity index (χ2v) is 5.76. The van der Waals surface area contributed by atoms with Crippen molar-refractivity contribution in [1.29, 1.82) is 0 Å². The zero-order valence-electron chi connectivity index (χ0n) is 8.90. The van der Waals surface area contributed by atoms with E-state index in [0.29, 0.717) is 22.5 Å². The van der Waals surface area contributed by atoms with E-state index in [1.807, 2.05) is 0 Å². The molecule has 0 radical (unpaired) electrons. The Kier molecular flexibility index (Phi) is 2.10. The van der Waals surface area contributed by atoms with Gasteiger partial charge in [-0.05, 0) is 30.6 Å². The fourth-order valence-electron chi connectivity index (χ4n) is 2.45. The van der Waals surface area contributed by atoms with Crippen molar-refractivity contribution >= 4 is 5.78 Å². The van der Waals surface area contributed by atoms with Crippen molar-refractivity contribution in [2.45, 2.75) is 47.5 Å². The quantitative estimate of drug-likeness (QED) is 0.619. The zero-order valence-corrected chi connectivity index (χ0v) is 8.90. The Morgan fingerprint density at radius 1 is 1.50 bits per heavy atom. The molecule has 1 fully saturated rings. The van der Waals surface area contributed by atoms with Crippen molar-refractivity contribution in [3.8, 4) is 0 Å². The number of ketones is 1. The molecule has 1 aliphatic rings. The minimum absolute atomic E-state index is 0.323. The maximum atomic E-state index is 11.1. The molecular weight excluding hydrogens is 148 g/mol. The van der Waals surface area contributed by atoms with Crippen LogP contribution in [0.3, 0.4) is 0 Å². The highest BCUT2D eigenvalue weighted by Gasteiger charge is 2.53. The van der Waals surface area contributed by atoms with Gasteiger partial charge in [0.2, 0.25) is 0 Å². The summed E-state index contributed by atoms with van der Waals surface area (Å²) in [6, 6.07) is 0. The highest BCUT2D eigenvalue weighted by Crippen LogP contribution is 2.58. The van der Waals surface area contributed by atoms with E-state index < -0.39 is 0 Å². The monoisotopic (exact) mass is 168 g/mol. The lowest BCUT2D eigenvalue weighted by molar-refractivity contribution is -0.119. The smallest absolute Gasteiger partial charge is 0.133 e. The van der Waals surface area contributed by atoms with Crippen LogP contribution in [0.15, 0.2) is 0 Å². The predicted octanol–water partition coefficient (Wildman–Crippen LogP) is 3.04. The molecule has 0 spiro atoms. The van der Waals surface area contributed by atoms with Gasteiger partial charge in [0.05, 0.1) is 0 Å². The highest BCUT2D eigenvalue weighted by molar-refractivity contribution is 5.82. The van der Waals surface area contributed by atoms with E-state index >= 15 is 0 Å². The first kappa shape index (κ1) is 9.76. The molecule has 2 unspecified atom stereocenters. The topological polar surface area (TPSA) is 17.1 Å². The molecule has 1 nitrogen and oxygen atoms in total. The zero-order chi connectivity index (χ0) is 9.57. The normalized spacial score (nSPS) is 34.9. The Labute approximate surface area is 75.5 Å². The third kappa shape index (κ3) is 2.09. The van der Waals surface area contributed by atoms with Crippen LogP contribution in [0.4, 0.5) is 0 Å². The van der Waals surface area contributed by atoms with E-state index in [1.165, 1.54) is 6.42 Å². The van der Waals surface area contributed by atoms with Crippen LogP contribution in [0, 0.1) is 16.7 Å². The molecule has 0 bridgehead atoms. The van der Waals surface area contributed by atoms with Crippen LogP contribution in [0.1, 0.15) is 47.5 Å². The van der Waals surface area contributed by atoms with Gasteiger partial charge < -0.3 is 0 Å². The maximum absolute atomic E-state index is 11.1. The number of Topliss-reactive ketones (excluding diaryl/α,β-unsaturated/α-hetero) is 1. The van der Waals surface area contributed by atoms with Gasteiger partial charge in [0, 0.05) is 5.92 Å². The average molecular weight is 168 g/mol. The Bertz CT molecular complexity index is 200. The SMILES string of the molecule is CC(=O)C1CC1(C)CC(C)(C)C. The van der Waals surface area contributed by atoms with Crippen LogP contribution >= 0.6 is 0 Å². The summed E-state index contributed by atoms with van der Waals surface area (Å²) in [4.78, 5) is 11.1. The standard InChI is InChI=1S/C11H20O/c1-8(12)9-6-11(9,5)7-10(2,3)4/h9H,6-7H2,1-5H3. The van der Waals surface area contributed by atoms with E-state index in [2.05, 4.69) is 27.7 Å². The van der Waals surface area contributed by atoms with E-state index in [0.717, 1.165) is 6.42 Å². The molecule has 0 N–H and O–H groups in total. The summed E-state index contributed by atoms with van der Waals surface area (Å²) in [5.74, 6) is 0.735. The number of hydrogen-bond donors (Lipinski definition) is 0. The summed E-state index contributed by atoms with van der Waals surface area (Å²) in [7, 11) is 0. The molecule has 0 aromatic carbocycles. The largest absolute Gasteiger partial charge is 0.300 e. The lowest BCUT2D eigenvalue weighted by Crippen LogP contribution is -2.15. The number of carbonyl (C=O) groups is 1. The number of carbonyl (C=O) groups excluding carboxylic acids is 1. The average Bonchev–Trinajstić information content (AvgIpc) is 2.36. The molecule has 1 heteroatoms. The van der Waals surface area contributed by atoms with Gasteiger partial charge in [-0.25, -0.2) is 0 Å². The van der Waals surface area contributed by atoms with Crippen molar-refractivity contribution in [1.82, 2.24) is 0 Å². The van der Waals surface area contributed by atoms with Gasteiger partial charge in [-0.2, -0.15) is 0 Å². The molecule has 0 aromatic rings. The van der Waals surface area contributed by atoms with Crippen molar-refractivity contribution in [2.24, 2.45) is 16.7 Å². The van der Waals surface area contributed by atoms with E-state index in [9.17, 15) is 4.79 Å². The summed E-state index contributed by atoms with van der Waals surface area (Å²) in [5, 5.41) is 0. The first-order valence-corrected chi connectivity index (χ1v) is 4.75. The second-order valence-electron chi connectivity index (χ2n) is 5.76. The fourth-order valence-corrected chi connectivity index (χ4v) is 2.45. The highest BCUT2D eigenvalue weighted by atomic mass is 16.1. The third-order valence-corrected chi connectivity index (χ3v) is 2.78. The molecule has 0 heterocycles. The molecular formula is C11H20O. The minimum atomic E-state index is 0.323. The predicted molar refractivity (Wildman–Crippen MR) is 51.0 cm³/mol. The first-order valence-electron chi connectivity index (χ1n) is 4.75. The Hall–Kier alpha value is -0.330. The lowest BCUT2D eigenvalue weighted by Gasteiger charge is -2.23. The second kappa shape index (κ2) is 2.58. The van der Waals surface area contributed by atoms with Gasteiger partial charge >= 0.3 is 0 Å². The van der Waals surface area contributed by atoms with Gasteiger partial charge in [0.1, 0.15) is 5.78 Å². The molecule has 0 aromatic heterocycles. The van der Waals surface area contributed by atoms with Gasteiger partial charge in [0.25, 0.3) is 0 Å². The van der Waals surface area contributed by atoms with Crippen molar-refractivity contribution < 1.29 is 4.79 Å². The molecule has 2 atom stereocenters. The van der Waals surface area contributed by atoms with Crippen LogP contribution < -0.4 is 0 Å². The van der Waals surface area contributed by atoms with Gasteiger partial charge in [0.15, 0.2) is 0 Å². The first-order chi connectivity index (χ1) is 5.25. The lowest BCUT2D eigenvalue weighted by atomic mass is 9.82. The Morgan fingerprint density at radius 3 is 2.25 bits per heavy atom. The molecule has 1 saturated carbocycles. The van der Waals surface area contributed by atoms with E-state index in [4.69, 9.17) is 0 Å². The van der Waals surface area contributed by atoms with Gasteiger partial charge in [-0.15, -0.1) is 0 Å². The van der Waals surface area contributed by atoms with Crippen molar-refractivity contribution in [3.05, 3.63) is 0 Å². The van der Waals surface area contributed by atoms with Crippen LogP contribution in [0.5, 0.6) is 0 Å². The van der Waals surface area contributed by atoms with Gasteiger partial charge in [-0.3, -0.25) is 4.79 Å². The summed E-state index contributed by atoms with van der Waals surface area (Å²) < 4.78 is 0. The molecule has 1 rings (SSSR count). The van der Waals surface area contributed by atoms with Crippen molar-refractivity contribution in [2.75, 3.05) is 0 Å². The molecule has 12 heavy (non-hydrogen) atoms. The van der Waals surface area contributed by atoms with Crippen LogP contribution in [-0.2, 0) is 4.79 Å². The number of rotatable bonds is 2. The fraction of sp³-hybridized carbons (Fsp3) is 0.909. The van der Waals surface area contributed by atoms with Crippen LogP contribution in [0.2, 0.25) is 0 Å². The summed E-state index contributed by atoms with van der Waals surface area (Å²) in [6.07, 6.45) is 2.28. The van der Waals surface area contributed by atoms with E-state index in [-0.39, 0.29) is 0 Å². The third-order valence-electron chi connectivity index (χ3n) is 2.78. The molecule has 0 aliphatic heterocycles. The van der Waals surface area contributed by atoms with Gasteiger partial charge in [-0.1, -0.05) is 27.7 Å². The Morgan fingerprint density at radius 2 is 2.00 bits per heavy atom. The summed E-state index contributed by atoms with van der Waals surface area (Å²) >= 11 is 0. The summed E-state index contributed by atoms with van der Waals surface area (Å²) in [5.41, 5.74) is 0.684. The van der Waals surface area contributed by atoms with Crippen LogP contribution in [0.25, 0.3) is 0 Å². The number of hydrogen-bond acceptors (Lipinski definition) is 1. The molecule has 0 amide bonds. The van der Waals surface area contributed by atoms with E-state index in [1.54, 1.807) is 6.92 Å². The Balaban J connectivity index is 2.51. The summed E-state index contributed by atoms with van der Waals surface area (Å²) in [6.45, 7) is 10.7. The van der Waals surface area contributed by atoms with Crippen molar-refractivity contribution in [3.63, 3.8) is 0 Å². The molecule has 1 aliphatic carbocycles. The minimum Gasteiger partial charge on any atom is -0.300 e. The van der Waals surface area contributed by atoms with Crippen LogP contribution in [-0.4, -0.2) is 5.78 Å². The molecule has 70 valence electrons.